The minimum absolute atomic E-state index is 0.0438. The van der Waals surface area contributed by atoms with Crippen molar-refractivity contribution >= 4 is 10.0 Å². The van der Waals surface area contributed by atoms with E-state index in [2.05, 4.69) is 11.8 Å². The lowest BCUT2D eigenvalue weighted by molar-refractivity contribution is 0.347. The Morgan fingerprint density at radius 1 is 1.50 bits per heavy atom. The number of sulfonamides is 1. The molecule has 4 nitrogen and oxygen atoms in total. The van der Waals surface area contributed by atoms with Crippen LogP contribution >= 0.6 is 0 Å². The Balaban J connectivity index is 2.95. The zero-order valence-electron chi connectivity index (χ0n) is 8.53. The molecule has 0 spiro atoms. The van der Waals surface area contributed by atoms with E-state index in [-0.39, 0.29) is 17.3 Å². The molecule has 1 rings (SSSR count). The van der Waals surface area contributed by atoms with Crippen molar-refractivity contribution in [1.82, 2.24) is 0 Å². The van der Waals surface area contributed by atoms with Crippen LogP contribution in [0.3, 0.4) is 0 Å². The van der Waals surface area contributed by atoms with Crippen molar-refractivity contribution in [1.29, 1.82) is 0 Å². The molecule has 2 N–H and O–H groups in total. The molecule has 0 saturated heterocycles. The minimum atomic E-state index is -3.89. The Morgan fingerprint density at radius 2 is 2.19 bits per heavy atom. The van der Waals surface area contributed by atoms with Gasteiger partial charge >= 0.3 is 0 Å². The SMILES string of the molecule is CC#CCOc1ccc(S(N)(=O)=O)cc1F. The highest BCUT2D eigenvalue weighted by atomic mass is 32.2. The average molecular weight is 243 g/mol. The monoisotopic (exact) mass is 243 g/mol. The molecule has 1 aromatic rings. The van der Waals surface area contributed by atoms with E-state index in [0.29, 0.717) is 0 Å². The molecule has 0 unspecified atom stereocenters. The van der Waals surface area contributed by atoms with Crippen LogP contribution in [0.2, 0.25) is 0 Å². The molecule has 6 heteroatoms. The molecule has 0 aliphatic carbocycles. The van der Waals surface area contributed by atoms with Crippen LogP contribution in [0.5, 0.6) is 5.75 Å². The predicted molar refractivity (Wildman–Crippen MR) is 56.7 cm³/mol. The summed E-state index contributed by atoms with van der Waals surface area (Å²) in [6.45, 7) is 1.67. The van der Waals surface area contributed by atoms with Gasteiger partial charge in [0.05, 0.1) is 4.90 Å². The zero-order chi connectivity index (χ0) is 12.2. The Bertz CT molecular complexity index is 543. The van der Waals surface area contributed by atoms with E-state index in [9.17, 15) is 12.8 Å². The Labute approximate surface area is 93.3 Å². The fourth-order valence-electron chi connectivity index (χ4n) is 0.962. The Hall–Kier alpha value is -1.58. The molecule has 16 heavy (non-hydrogen) atoms. The van der Waals surface area contributed by atoms with Crippen LogP contribution in [-0.4, -0.2) is 15.0 Å². The maximum Gasteiger partial charge on any atom is 0.238 e. The third kappa shape index (κ3) is 3.22. The first kappa shape index (κ1) is 12.5. The molecule has 0 aliphatic rings. The maximum absolute atomic E-state index is 13.3. The molecular formula is C10H10FNO3S. The first-order chi connectivity index (χ1) is 7.45. The molecule has 0 aromatic heterocycles. The van der Waals surface area contributed by atoms with Crippen molar-refractivity contribution in [2.45, 2.75) is 11.8 Å². The standard InChI is InChI=1S/C10H10FNO3S/c1-2-3-6-15-10-5-4-8(7-9(10)11)16(12,13)14/h4-5,7H,6H2,1H3,(H2,12,13,14). The number of hydrogen-bond donors (Lipinski definition) is 1. The van der Waals surface area contributed by atoms with Crippen LogP contribution in [-0.2, 0) is 10.0 Å². The van der Waals surface area contributed by atoms with Crippen LogP contribution in [0.4, 0.5) is 4.39 Å². The van der Waals surface area contributed by atoms with Crippen LogP contribution in [0.15, 0.2) is 23.1 Å². The summed E-state index contributed by atoms with van der Waals surface area (Å²) in [4.78, 5) is -0.293. The van der Waals surface area contributed by atoms with Crippen LogP contribution < -0.4 is 9.88 Å². The first-order valence-corrected chi connectivity index (χ1v) is 5.84. The van der Waals surface area contributed by atoms with Gasteiger partial charge in [-0.3, -0.25) is 0 Å². The lowest BCUT2D eigenvalue weighted by atomic mass is 10.3. The summed E-state index contributed by atoms with van der Waals surface area (Å²) >= 11 is 0. The topological polar surface area (TPSA) is 69.4 Å². The van der Waals surface area contributed by atoms with Gasteiger partial charge in [-0.15, -0.1) is 5.92 Å². The van der Waals surface area contributed by atoms with Gasteiger partial charge in [0.25, 0.3) is 0 Å². The van der Waals surface area contributed by atoms with Crippen LogP contribution in [0.25, 0.3) is 0 Å². The summed E-state index contributed by atoms with van der Waals surface area (Å²) in [6.07, 6.45) is 0. The minimum Gasteiger partial charge on any atom is -0.478 e. The fourth-order valence-corrected chi connectivity index (χ4v) is 1.49. The lowest BCUT2D eigenvalue weighted by Crippen LogP contribution is -2.12. The molecule has 0 amide bonds. The predicted octanol–water partition coefficient (Wildman–Crippen LogP) is 0.875. The second kappa shape index (κ2) is 4.96. The number of primary sulfonamides is 1. The molecule has 1 aromatic carbocycles. The summed E-state index contributed by atoms with van der Waals surface area (Å²) in [5.74, 6) is 4.32. The van der Waals surface area contributed by atoms with Crippen molar-refractivity contribution in [3.63, 3.8) is 0 Å². The number of nitrogens with two attached hydrogens (primary N) is 1. The summed E-state index contributed by atoms with van der Waals surface area (Å²) in [6, 6.07) is 3.18. The van der Waals surface area contributed by atoms with Crippen molar-refractivity contribution in [2.24, 2.45) is 5.14 Å². The largest absolute Gasteiger partial charge is 0.478 e. The number of hydrogen-bond acceptors (Lipinski definition) is 3. The lowest BCUT2D eigenvalue weighted by Gasteiger charge is -2.04. The molecule has 0 heterocycles. The highest BCUT2D eigenvalue weighted by Gasteiger charge is 2.11. The number of rotatable bonds is 3. The van der Waals surface area contributed by atoms with Gasteiger partial charge in [-0.1, -0.05) is 5.92 Å². The van der Waals surface area contributed by atoms with E-state index in [4.69, 9.17) is 9.88 Å². The molecule has 0 bridgehead atoms. The van der Waals surface area contributed by atoms with E-state index in [1.54, 1.807) is 6.92 Å². The van der Waals surface area contributed by atoms with Gasteiger partial charge in [0.1, 0.15) is 6.61 Å². The Morgan fingerprint density at radius 3 is 2.69 bits per heavy atom. The first-order valence-electron chi connectivity index (χ1n) is 4.30. The molecular weight excluding hydrogens is 233 g/mol. The second-order valence-electron chi connectivity index (χ2n) is 2.85. The van der Waals surface area contributed by atoms with Crippen molar-refractivity contribution in [2.75, 3.05) is 6.61 Å². The van der Waals surface area contributed by atoms with E-state index in [1.165, 1.54) is 12.1 Å². The maximum atomic E-state index is 13.3. The summed E-state index contributed by atoms with van der Waals surface area (Å²) < 4.78 is 40.1. The zero-order valence-corrected chi connectivity index (χ0v) is 9.34. The third-order valence-corrected chi connectivity index (χ3v) is 2.62. The number of ether oxygens (including phenoxy) is 1. The van der Waals surface area contributed by atoms with E-state index in [1.807, 2.05) is 0 Å². The summed E-state index contributed by atoms with van der Waals surface area (Å²) in [7, 11) is -3.89. The van der Waals surface area contributed by atoms with Crippen molar-refractivity contribution in [3.05, 3.63) is 24.0 Å². The van der Waals surface area contributed by atoms with E-state index >= 15 is 0 Å². The van der Waals surface area contributed by atoms with Gasteiger partial charge in [0.2, 0.25) is 10.0 Å². The van der Waals surface area contributed by atoms with Gasteiger partial charge in [-0.2, -0.15) is 0 Å². The second-order valence-corrected chi connectivity index (χ2v) is 4.41. The van der Waals surface area contributed by atoms with Crippen LogP contribution in [0.1, 0.15) is 6.92 Å². The molecule has 86 valence electrons. The van der Waals surface area contributed by atoms with Crippen LogP contribution in [0, 0.1) is 17.7 Å². The fraction of sp³-hybridized carbons (Fsp3) is 0.200. The summed E-state index contributed by atoms with van der Waals surface area (Å²) in [5.41, 5.74) is 0. The highest BCUT2D eigenvalue weighted by molar-refractivity contribution is 7.89. The molecule has 0 fully saturated rings. The molecule has 0 atom stereocenters. The molecule has 0 saturated carbocycles. The third-order valence-electron chi connectivity index (χ3n) is 1.71. The van der Waals surface area contributed by atoms with Gasteiger partial charge in [-0.05, 0) is 25.1 Å². The molecule has 0 radical (unpaired) electrons. The van der Waals surface area contributed by atoms with Crippen molar-refractivity contribution < 1.29 is 17.5 Å². The van der Waals surface area contributed by atoms with Gasteiger partial charge in [0.15, 0.2) is 11.6 Å². The van der Waals surface area contributed by atoms with Crippen molar-refractivity contribution in [3.8, 4) is 17.6 Å². The van der Waals surface area contributed by atoms with Gasteiger partial charge in [-0.25, -0.2) is 17.9 Å². The quantitative estimate of drug-likeness (QED) is 0.801. The van der Waals surface area contributed by atoms with Gasteiger partial charge < -0.3 is 4.74 Å². The summed E-state index contributed by atoms with van der Waals surface area (Å²) in [5, 5.41) is 4.84. The molecule has 0 aliphatic heterocycles. The van der Waals surface area contributed by atoms with E-state index < -0.39 is 15.8 Å². The number of halogens is 1. The number of benzene rings is 1. The van der Waals surface area contributed by atoms with Gasteiger partial charge in [0, 0.05) is 0 Å². The van der Waals surface area contributed by atoms with E-state index in [0.717, 1.165) is 6.07 Å². The average Bonchev–Trinajstić information content (AvgIpc) is 2.19. The smallest absolute Gasteiger partial charge is 0.238 e. The normalized spacial score (nSPS) is 10.4. The highest BCUT2D eigenvalue weighted by Crippen LogP contribution is 2.20. The Kier molecular flexibility index (Phi) is 3.88.